The zero-order chi connectivity index (χ0) is 26.3. The number of ether oxygens (including phenoxy) is 1. The molecule has 10 heteroatoms. The van der Waals surface area contributed by atoms with E-state index in [0.717, 1.165) is 45.3 Å². The largest absolute Gasteiger partial charge is 0.446 e. The van der Waals surface area contributed by atoms with Crippen LogP contribution in [0.2, 0.25) is 5.02 Å². The van der Waals surface area contributed by atoms with Crippen molar-refractivity contribution in [3.8, 4) is 0 Å². The molecule has 37 heavy (non-hydrogen) atoms. The van der Waals surface area contributed by atoms with Crippen molar-refractivity contribution in [3.63, 3.8) is 0 Å². The molecule has 2 amide bonds. The van der Waals surface area contributed by atoms with Crippen LogP contribution < -0.4 is 5.73 Å². The first kappa shape index (κ1) is 26.9. The van der Waals surface area contributed by atoms with E-state index in [0.29, 0.717) is 38.3 Å². The molecule has 0 bridgehead atoms. The Hall–Kier alpha value is -1.68. The van der Waals surface area contributed by atoms with Crippen LogP contribution >= 0.6 is 43.5 Å². The number of rotatable bonds is 3. The van der Waals surface area contributed by atoms with Gasteiger partial charge in [-0.3, -0.25) is 9.78 Å². The number of aliphatic hydroxyl groups excluding tert-OH is 1. The highest BCUT2D eigenvalue weighted by molar-refractivity contribution is 9.10. The number of nitrogens with zero attached hydrogens (tertiary/aromatic N) is 2. The van der Waals surface area contributed by atoms with E-state index < -0.39 is 18.3 Å². The number of aryl methyl sites for hydroxylation is 2. The summed E-state index contributed by atoms with van der Waals surface area (Å²) in [4.78, 5) is 31.4. The van der Waals surface area contributed by atoms with E-state index in [1.807, 2.05) is 17.2 Å². The minimum absolute atomic E-state index is 0.0203. The van der Waals surface area contributed by atoms with Crippen molar-refractivity contribution in [1.82, 2.24) is 9.88 Å². The number of aromatic nitrogens is 1. The van der Waals surface area contributed by atoms with E-state index in [2.05, 4.69) is 44.0 Å². The number of nitrogens with two attached hydrogens (primary N) is 1. The van der Waals surface area contributed by atoms with Gasteiger partial charge in [0, 0.05) is 51.5 Å². The summed E-state index contributed by atoms with van der Waals surface area (Å²) in [7, 11) is 0. The molecule has 1 aromatic heterocycles. The number of likely N-dealkylation sites (tertiary alicyclic amines) is 1. The maximum Gasteiger partial charge on any atom is 0.404 e. The number of aliphatic hydroxyl groups is 1. The zero-order valence-corrected chi connectivity index (χ0v) is 24.3. The van der Waals surface area contributed by atoms with Gasteiger partial charge >= 0.3 is 6.09 Å². The van der Waals surface area contributed by atoms with Gasteiger partial charge in [0.25, 0.3) is 0 Å². The molecule has 4 atom stereocenters. The first-order chi connectivity index (χ1) is 17.7. The molecule has 2 aliphatic carbocycles. The normalized spacial score (nSPS) is 26.1. The SMILES string of the molecule is NC(=O)OC1CC(O)CC(C(=O)N2CCC([C@H]3c4ncc(Br)cc4CCc4cc(Cl)cc(Br)c43)CC2)C1. The Bertz CT molecular complexity index is 1200. The van der Waals surface area contributed by atoms with E-state index in [1.54, 1.807) is 0 Å². The van der Waals surface area contributed by atoms with E-state index in [4.69, 9.17) is 27.1 Å². The van der Waals surface area contributed by atoms with Gasteiger partial charge in [-0.05, 0) is 95.3 Å². The number of carbonyl (C=O) groups is 2. The van der Waals surface area contributed by atoms with Gasteiger partial charge in [-0.15, -0.1) is 0 Å². The van der Waals surface area contributed by atoms with Crippen molar-refractivity contribution in [3.05, 3.63) is 60.7 Å². The molecule has 0 spiro atoms. The van der Waals surface area contributed by atoms with Crippen LogP contribution in [0.15, 0.2) is 33.3 Å². The fraction of sp³-hybridized carbons (Fsp3) is 0.519. The summed E-state index contributed by atoms with van der Waals surface area (Å²) in [6.07, 6.45) is 4.37. The summed E-state index contributed by atoms with van der Waals surface area (Å²) in [5, 5.41) is 11.0. The predicted molar refractivity (Wildman–Crippen MR) is 147 cm³/mol. The van der Waals surface area contributed by atoms with Gasteiger partial charge in [0.05, 0.1) is 11.8 Å². The lowest BCUT2D eigenvalue weighted by molar-refractivity contribution is -0.141. The third-order valence-corrected chi connectivity index (χ3v) is 9.32. The van der Waals surface area contributed by atoms with Gasteiger partial charge in [-0.2, -0.15) is 0 Å². The van der Waals surface area contributed by atoms with Crippen LogP contribution in [0.3, 0.4) is 0 Å². The highest BCUT2D eigenvalue weighted by Crippen LogP contribution is 2.46. The number of carbonyl (C=O) groups excluding carboxylic acids is 2. The maximum atomic E-state index is 13.4. The van der Waals surface area contributed by atoms with Crippen molar-refractivity contribution in [1.29, 1.82) is 0 Å². The van der Waals surface area contributed by atoms with Gasteiger partial charge in [0.15, 0.2) is 0 Å². The Balaban J connectivity index is 1.36. The van der Waals surface area contributed by atoms with Gasteiger partial charge in [0.1, 0.15) is 6.10 Å². The number of hydrogen-bond donors (Lipinski definition) is 2. The van der Waals surface area contributed by atoms with Crippen LogP contribution in [0.1, 0.15) is 60.4 Å². The second kappa shape index (κ2) is 11.2. The Labute approximate surface area is 238 Å². The zero-order valence-electron chi connectivity index (χ0n) is 20.3. The summed E-state index contributed by atoms with van der Waals surface area (Å²) < 4.78 is 7.10. The Morgan fingerprint density at radius 3 is 2.54 bits per heavy atom. The van der Waals surface area contributed by atoms with Crippen molar-refractivity contribution < 1.29 is 19.4 Å². The molecule has 2 aromatic rings. The first-order valence-electron chi connectivity index (χ1n) is 12.7. The summed E-state index contributed by atoms with van der Waals surface area (Å²) in [5.41, 5.74) is 10.0. The summed E-state index contributed by atoms with van der Waals surface area (Å²) in [6, 6.07) is 6.22. The molecule has 2 fully saturated rings. The van der Waals surface area contributed by atoms with Crippen LogP contribution in [0, 0.1) is 11.8 Å². The highest BCUT2D eigenvalue weighted by atomic mass is 79.9. The Kier molecular flexibility index (Phi) is 8.15. The van der Waals surface area contributed by atoms with Gasteiger partial charge in [-0.1, -0.05) is 27.5 Å². The van der Waals surface area contributed by atoms with Gasteiger partial charge in [-0.25, -0.2) is 4.79 Å². The number of benzene rings is 1. The summed E-state index contributed by atoms with van der Waals surface area (Å²) in [5.74, 6) is 0.0641. The van der Waals surface area contributed by atoms with Crippen molar-refractivity contribution in [2.75, 3.05) is 13.1 Å². The smallest absolute Gasteiger partial charge is 0.404 e. The summed E-state index contributed by atoms with van der Waals surface area (Å²) in [6.45, 7) is 1.28. The van der Waals surface area contributed by atoms with Crippen LogP contribution in [-0.2, 0) is 22.4 Å². The van der Waals surface area contributed by atoms with Crippen LogP contribution in [0.4, 0.5) is 4.79 Å². The lowest BCUT2D eigenvalue weighted by atomic mass is 9.76. The second-order valence-corrected chi connectivity index (χ2v) is 12.6. The number of amides is 2. The highest BCUT2D eigenvalue weighted by Gasteiger charge is 2.39. The topological polar surface area (TPSA) is 106 Å². The number of primary amides is 1. The van der Waals surface area contributed by atoms with Crippen molar-refractivity contribution in [2.24, 2.45) is 17.6 Å². The third-order valence-electron chi connectivity index (χ3n) is 8.01. The van der Waals surface area contributed by atoms with Crippen molar-refractivity contribution in [2.45, 2.75) is 63.1 Å². The molecule has 1 saturated heterocycles. The minimum Gasteiger partial charge on any atom is -0.446 e. The number of halogens is 3. The molecule has 5 rings (SSSR count). The molecule has 7 nitrogen and oxygen atoms in total. The Morgan fingerprint density at radius 1 is 1.08 bits per heavy atom. The average Bonchev–Trinajstić information content (AvgIpc) is 2.99. The standard InChI is InChI=1S/C27H30Br2ClN3O4/c28-18-7-16-2-1-15-8-19(30)11-22(29)23(15)24(25(16)32-13-18)14-3-5-33(6-4-14)26(35)17-9-20(34)12-21(10-17)37-27(31)36/h7-8,11,13-14,17,20-21,24,34H,1-6,9-10,12H2,(H2,31,36)/t17?,20?,21?,24-/m1/s1. The van der Waals surface area contributed by atoms with Gasteiger partial charge in [0.2, 0.25) is 5.91 Å². The van der Waals surface area contributed by atoms with Gasteiger partial charge < -0.3 is 20.5 Å². The predicted octanol–water partition coefficient (Wildman–Crippen LogP) is 5.35. The number of pyridine rings is 1. The molecule has 0 radical (unpaired) electrons. The first-order valence-corrected chi connectivity index (χ1v) is 14.7. The number of fused-ring (bicyclic) bond motifs is 2. The molecule has 3 unspecified atom stereocenters. The minimum atomic E-state index is -0.872. The molecule has 2 heterocycles. The van der Waals surface area contributed by atoms with E-state index >= 15 is 0 Å². The molecule has 1 saturated carbocycles. The third kappa shape index (κ3) is 5.84. The van der Waals surface area contributed by atoms with Crippen LogP contribution in [0.25, 0.3) is 0 Å². The monoisotopic (exact) mass is 653 g/mol. The number of hydrogen-bond acceptors (Lipinski definition) is 5. The second-order valence-electron chi connectivity index (χ2n) is 10.4. The Morgan fingerprint density at radius 2 is 1.81 bits per heavy atom. The van der Waals surface area contributed by atoms with Crippen LogP contribution in [0.5, 0.6) is 0 Å². The van der Waals surface area contributed by atoms with E-state index in [-0.39, 0.29) is 17.7 Å². The molecular weight excluding hydrogens is 626 g/mol. The molecule has 1 aromatic carbocycles. The fourth-order valence-electron chi connectivity index (χ4n) is 6.44. The molecule has 3 aliphatic rings. The molecule has 198 valence electrons. The maximum absolute atomic E-state index is 13.4. The quantitative estimate of drug-likeness (QED) is 0.464. The molecular formula is C27H30Br2ClN3O4. The van der Waals surface area contributed by atoms with Crippen molar-refractivity contribution >= 4 is 55.5 Å². The summed E-state index contributed by atoms with van der Waals surface area (Å²) >= 11 is 13.8. The van der Waals surface area contributed by atoms with E-state index in [1.165, 1.54) is 16.7 Å². The number of piperidine rings is 1. The molecule has 3 N–H and O–H groups in total. The lowest BCUT2D eigenvalue weighted by Gasteiger charge is -2.40. The van der Waals surface area contributed by atoms with E-state index in [9.17, 15) is 14.7 Å². The van der Waals surface area contributed by atoms with Crippen LogP contribution in [-0.4, -0.2) is 52.3 Å². The molecule has 1 aliphatic heterocycles. The average molecular weight is 656 g/mol. The lowest BCUT2D eigenvalue weighted by Crippen LogP contribution is -2.46. The fourth-order valence-corrected chi connectivity index (χ4v) is 7.94.